The minimum absolute atomic E-state index is 0.187. The highest BCUT2D eigenvalue weighted by molar-refractivity contribution is 5.91. The van der Waals surface area contributed by atoms with Gasteiger partial charge in [-0.3, -0.25) is 9.59 Å². The highest BCUT2D eigenvalue weighted by atomic mass is 16.5. The fourth-order valence-electron chi connectivity index (χ4n) is 2.92. The summed E-state index contributed by atoms with van der Waals surface area (Å²) < 4.78 is 11.7. The summed E-state index contributed by atoms with van der Waals surface area (Å²) in [5, 5.41) is 7.19. The highest BCUT2D eigenvalue weighted by Gasteiger charge is 2.12. The molecule has 0 aliphatic rings. The molecular formula is C22H23N3O4. The van der Waals surface area contributed by atoms with Crippen LogP contribution in [0.2, 0.25) is 0 Å². The van der Waals surface area contributed by atoms with Gasteiger partial charge in [-0.15, -0.1) is 0 Å². The van der Waals surface area contributed by atoms with Crippen molar-refractivity contribution in [2.75, 3.05) is 19.5 Å². The van der Waals surface area contributed by atoms with Gasteiger partial charge in [-0.1, -0.05) is 12.1 Å². The molecule has 1 amide bonds. The third-order valence-corrected chi connectivity index (χ3v) is 4.72. The van der Waals surface area contributed by atoms with Crippen LogP contribution in [0.4, 0.5) is 5.69 Å². The Morgan fingerprint density at radius 2 is 1.79 bits per heavy atom. The summed E-state index contributed by atoms with van der Waals surface area (Å²) in [6, 6.07) is 14.0. The molecule has 0 atom stereocenters. The second-order valence-electron chi connectivity index (χ2n) is 6.58. The Hall–Kier alpha value is -3.61. The zero-order valence-electron chi connectivity index (χ0n) is 16.9. The number of methoxy groups -OCH3 is 2. The molecule has 1 N–H and O–H groups in total. The largest absolute Gasteiger partial charge is 0.493 e. The van der Waals surface area contributed by atoms with Gasteiger partial charge >= 0.3 is 0 Å². The van der Waals surface area contributed by atoms with Crippen molar-refractivity contribution < 1.29 is 14.3 Å². The van der Waals surface area contributed by atoms with E-state index in [0.29, 0.717) is 17.2 Å². The molecule has 150 valence electrons. The van der Waals surface area contributed by atoms with Crippen LogP contribution in [0.5, 0.6) is 11.5 Å². The van der Waals surface area contributed by atoms with Crippen LogP contribution in [-0.4, -0.2) is 29.9 Å². The van der Waals surface area contributed by atoms with E-state index >= 15 is 0 Å². The minimum Gasteiger partial charge on any atom is -0.493 e. The molecule has 0 aliphatic carbocycles. The molecule has 3 rings (SSSR count). The zero-order valence-corrected chi connectivity index (χ0v) is 16.9. The zero-order chi connectivity index (χ0) is 21.0. The van der Waals surface area contributed by atoms with Gasteiger partial charge in [0.15, 0.2) is 11.5 Å². The number of amides is 1. The number of rotatable bonds is 6. The molecule has 0 aliphatic heterocycles. The third kappa shape index (κ3) is 4.45. The summed E-state index contributed by atoms with van der Waals surface area (Å²) in [7, 11) is 3.11. The Labute approximate surface area is 168 Å². The fourth-order valence-corrected chi connectivity index (χ4v) is 2.92. The van der Waals surface area contributed by atoms with E-state index in [0.717, 1.165) is 27.1 Å². The summed E-state index contributed by atoms with van der Waals surface area (Å²) in [4.78, 5) is 24.7. The van der Waals surface area contributed by atoms with E-state index in [1.54, 1.807) is 32.4 Å². The molecule has 0 saturated carbocycles. The molecule has 29 heavy (non-hydrogen) atoms. The molecule has 1 aromatic heterocycles. The van der Waals surface area contributed by atoms with E-state index in [-0.39, 0.29) is 18.0 Å². The standard InChI is InChI=1S/C22H23N3O4/c1-14-6-5-7-17(15(14)2)23-21(26)13-25-22(27)11-9-18(24-25)16-8-10-19(28-3)20(12-16)29-4/h5-12H,13H2,1-4H3,(H,23,26). The number of nitrogens with one attached hydrogen (secondary N) is 1. The van der Waals surface area contributed by atoms with Gasteiger partial charge in [-0.25, -0.2) is 4.68 Å². The highest BCUT2D eigenvalue weighted by Crippen LogP contribution is 2.31. The maximum Gasteiger partial charge on any atom is 0.267 e. The SMILES string of the molecule is COc1ccc(-c2ccc(=O)n(CC(=O)Nc3cccc(C)c3C)n2)cc1OC. The molecule has 7 heteroatoms. The number of hydrogen-bond donors (Lipinski definition) is 1. The van der Waals surface area contributed by atoms with Crippen molar-refractivity contribution in [2.24, 2.45) is 0 Å². The Morgan fingerprint density at radius 3 is 2.52 bits per heavy atom. The maximum atomic E-state index is 12.5. The average molecular weight is 393 g/mol. The molecule has 0 fully saturated rings. The lowest BCUT2D eigenvalue weighted by atomic mass is 10.1. The Bertz CT molecular complexity index is 1110. The van der Waals surface area contributed by atoms with Crippen molar-refractivity contribution in [1.82, 2.24) is 9.78 Å². The lowest BCUT2D eigenvalue weighted by Crippen LogP contribution is -2.29. The average Bonchev–Trinajstić information content (AvgIpc) is 2.72. The Kier molecular flexibility index (Phi) is 5.97. The number of carbonyl (C=O) groups excluding carboxylic acids is 1. The van der Waals surface area contributed by atoms with Gasteiger partial charge in [0.25, 0.3) is 5.56 Å². The molecule has 0 saturated heterocycles. The van der Waals surface area contributed by atoms with Gasteiger partial charge < -0.3 is 14.8 Å². The number of aromatic nitrogens is 2. The predicted octanol–water partition coefficient (Wildman–Crippen LogP) is 3.18. The van der Waals surface area contributed by atoms with Gasteiger partial charge in [-0.2, -0.15) is 5.10 Å². The summed E-state index contributed by atoms with van der Waals surface area (Å²) >= 11 is 0. The van der Waals surface area contributed by atoms with Crippen LogP contribution in [0.25, 0.3) is 11.3 Å². The molecule has 7 nitrogen and oxygen atoms in total. The van der Waals surface area contributed by atoms with Crippen molar-refractivity contribution in [3.63, 3.8) is 0 Å². The fraction of sp³-hybridized carbons (Fsp3) is 0.227. The monoisotopic (exact) mass is 393 g/mol. The van der Waals surface area contributed by atoms with E-state index < -0.39 is 0 Å². The lowest BCUT2D eigenvalue weighted by molar-refractivity contribution is -0.117. The van der Waals surface area contributed by atoms with E-state index in [1.165, 1.54) is 6.07 Å². The molecular weight excluding hydrogens is 370 g/mol. The first-order valence-corrected chi connectivity index (χ1v) is 9.09. The first-order chi connectivity index (χ1) is 13.9. The first kappa shape index (κ1) is 20.1. The Morgan fingerprint density at radius 1 is 1.03 bits per heavy atom. The van der Waals surface area contributed by atoms with Crippen LogP contribution < -0.4 is 20.3 Å². The van der Waals surface area contributed by atoms with Crippen LogP contribution in [0.3, 0.4) is 0 Å². The number of hydrogen-bond acceptors (Lipinski definition) is 5. The normalized spacial score (nSPS) is 10.5. The van der Waals surface area contributed by atoms with Gasteiger partial charge in [0.05, 0.1) is 19.9 Å². The van der Waals surface area contributed by atoms with Crippen molar-refractivity contribution in [3.8, 4) is 22.8 Å². The summed E-state index contributed by atoms with van der Waals surface area (Å²) in [5.41, 5.74) is 3.72. The molecule has 1 heterocycles. The van der Waals surface area contributed by atoms with Crippen molar-refractivity contribution in [2.45, 2.75) is 20.4 Å². The van der Waals surface area contributed by atoms with E-state index in [1.807, 2.05) is 38.1 Å². The van der Waals surface area contributed by atoms with Crippen molar-refractivity contribution in [3.05, 3.63) is 70.0 Å². The molecule has 2 aromatic carbocycles. The van der Waals surface area contributed by atoms with E-state index in [2.05, 4.69) is 10.4 Å². The van der Waals surface area contributed by atoms with Crippen molar-refractivity contribution in [1.29, 1.82) is 0 Å². The smallest absolute Gasteiger partial charge is 0.267 e. The molecule has 0 radical (unpaired) electrons. The predicted molar refractivity (Wildman–Crippen MR) is 112 cm³/mol. The van der Waals surface area contributed by atoms with Crippen LogP contribution >= 0.6 is 0 Å². The number of benzene rings is 2. The van der Waals surface area contributed by atoms with Crippen molar-refractivity contribution >= 4 is 11.6 Å². The topological polar surface area (TPSA) is 82.5 Å². The van der Waals surface area contributed by atoms with Gasteiger partial charge in [0.2, 0.25) is 5.91 Å². The molecule has 0 unspecified atom stereocenters. The van der Waals surface area contributed by atoms with E-state index in [9.17, 15) is 9.59 Å². The number of aryl methyl sites for hydroxylation is 1. The first-order valence-electron chi connectivity index (χ1n) is 9.09. The van der Waals surface area contributed by atoms with Crippen LogP contribution in [-0.2, 0) is 11.3 Å². The second-order valence-corrected chi connectivity index (χ2v) is 6.58. The Balaban J connectivity index is 1.85. The quantitative estimate of drug-likeness (QED) is 0.696. The number of nitrogens with zero attached hydrogens (tertiary/aromatic N) is 2. The van der Waals surface area contributed by atoms with Crippen LogP contribution in [0.1, 0.15) is 11.1 Å². The summed E-state index contributed by atoms with van der Waals surface area (Å²) in [5.74, 6) is 0.826. The number of carbonyl (C=O) groups is 1. The van der Waals surface area contributed by atoms with Crippen LogP contribution in [0, 0.1) is 13.8 Å². The van der Waals surface area contributed by atoms with Crippen LogP contribution in [0.15, 0.2) is 53.3 Å². The van der Waals surface area contributed by atoms with Gasteiger partial charge in [0, 0.05) is 17.3 Å². The number of anilines is 1. The molecule has 0 spiro atoms. The second kappa shape index (κ2) is 8.60. The van der Waals surface area contributed by atoms with Gasteiger partial charge in [-0.05, 0) is 55.3 Å². The maximum absolute atomic E-state index is 12.5. The summed E-state index contributed by atoms with van der Waals surface area (Å²) in [6.07, 6.45) is 0. The molecule has 0 bridgehead atoms. The summed E-state index contributed by atoms with van der Waals surface area (Å²) in [6.45, 7) is 3.73. The van der Waals surface area contributed by atoms with E-state index in [4.69, 9.17) is 9.47 Å². The number of ether oxygens (including phenoxy) is 2. The third-order valence-electron chi connectivity index (χ3n) is 4.72. The molecule has 3 aromatic rings. The minimum atomic E-state index is -0.356. The lowest BCUT2D eigenvalue weighted by Gasteiger charge is -2.12. The van der Waals surface area contributed by atoms with Gasteiger partial charge in [0.1, 0.15) is 6.54 Å².